The summed E-state index contributed by atoms with van der Waals surface area (Å²) in [6.07, 6.45) is 3.91. The van der Waals surface area contributed by atoms with Gasteiger partial charge >= 0.3 is 0 Å². The summed E-state index contributed by atoms with van der Waals surface area (Å²) in [5.74, 6) is 0.360. The molecule has 2 heterocycles. The highest BCUT2D eigenvalue weighted by Crippen LogP contribution is 2.16. The first-order valence-corrected chi connectivity index (χ1v) is 6.80. The van der Waals surface area contributed by atoms with Crippen molar-refractivity contribution in [1.82, 2.24) is 15.6 Å². The van der Waals surface area contributed by atoms with E-state index < -0.39 is 0 Å². The second kappa shape index (κ2) is 9.82. The van der Waals surface area contributed by atoms with Gasteiger partial charge in [0.05, 0.1) is 6.10 Å². The first-order chi connectivity index (χ1) is 9.16. The van der Waals surface area contributed by atoms with Crippen LogP contribution in [-0.2, 0) is 0 Å². The van der Waals surface area contributed by atoms with Crippen LogP contribution in [0.5, 0.6) is 5.75 Å². The molecule has 5 nitrogen and oxygen atoms in total. The number of halogens is 2. The second-order valence-electron chi connectivity index (χ2n) is 5.02. The maximum absolute atomic E-state index is 12.1. The fraction of sp³-hybridized carbons (Fsp3) is 0.571. The highest BCUT2D eigenvalue weighted by atomic mass is 35.5. The largest absolute Gasteiger partial charge is 0.489 e. The van der Waals surface area contributed by atoms with Gasteiger partial charge in [-0.1, -0.05) is 0 Å². The molecule has 1 aliphatic rings. The molecule has 1 fully saturated rings. The van der Waals surface area contributed by atoms with Crippen LogP contribution in [0, 0.1) is 0 Å². The summed E-state index contributed by atoms with van der Waals surface area (Å²) in [5.41, 5.74) is 0.356. The molecule has 1 aliphatic heterocycles. The molecule has 2 rings (SSSR count). The molecular formula is C14H23Cl2N3O2. The lowest BCUT2D eigenvalue weighted by Gasteiger charge is -2.14. The zero-order valence-electron chi connectivity index (χ0n) is 12.3. The zero-order valence-corrected chi connectivity index (χ0v) is 13.9. The van der Waals surface area contributed by atoms with Gasteiger partial charge in [0.1, 0.15) is 0 Å². The molecule has 0 radical (unpaired) electrons. The SMILES string of the molecule is CC(C)Oc1cccnc1C(=O)NCC1CCCN1.Cl.Cl. The quantitative estimate of drug-likeness (QED) is 0.865. The lowest BCUT2D eigenvalue weighted by molar-refractivity contribution is 0.0939. The van der Waals surface area contributed by atoms with E-state index in [0.717, 1.165) is 13.0 Å². The minimum atomic E-state index is -0.176. The fourth-order valence-corrected chi connectivity index (χ4v) is 2.14. The second-order valence-corrected chi connectivity index (χ2v) is 5.02. The maximum Gasteiger partial charge on any atom is 0.273 e. The summed E-state index contributed by atoms with van der Waals surface area (Å²) in [6, 6.07) is 3.92. The molecule has 7 heteroatoms. The topological polar surface area (TPSA) is 63.2 Å². The van der Waals surface area contributed by atoms with E-state index in [4.69, 9.17) is 4.74 Å². The van der Waals surface area contributed by atoms with E-state index in [1.54, 1.807) is 18.3 Å². The summed E-state index contributed by atoms with van der Waals surface area (Å²) in [7, 11) is 0. The summed E-state index contributed by atoms with van der Waals surface area (Å²) in [4.78, 5) is 16.2. The Morgan fingerprint density at radius 3 is 2.90 bits per heavy atom. The Balaban J connectivity index is 0.00000200. The van der Waals surface area contributed by atoms with Gasteiger partial charge < -0.3 is 15.4 Å². The van der Waals surface area contributed by atoms with E-state index in [1.165, 1.54) is 6.42 Å². The van der Waals surface area contributed by atoms with Crippen LogP contribution < -0.4 is 15.4 Å². The van der Waals surface area contributed by atoms with Crippen molar-refractivity contribution in [3.63, 3.8) is 0 Å². The number of ether oxygens (including phenoxy) is 1. The number of hydrogen-bond acceptors (Lipinski definition) is 4. The molecule has 21 heavy (non-hydrogen) atoms. The number of carbonyl (C=O) groups excluding carboxylic acids is 1. The molecule has 1 amide bonds. The molecule has 2 N–H and O–H groups in total. The molecule has 0 aliphatic carbocycles. The van der Waals surface area contributed by atoms with Gasteiger partial charge in [-0.05, 0) is 45.4 Å². The summed E-state index contributed by atoms with van der Waals surface area (Å²) < 4.78 is 5.60. The molecule has 1 atom stereocenters. The molecule has 0 aromatic carbocycles. The average Bonchev–Trinajstić information content (AvgIpc) is 2.89. The van der Waals surface area contributed by atoms with Crippen molar-refractivity contribution in [3.05, 3.63) is 24.0 Å². The first-order valence-electron chi connectivity index (χ1n) is 6.80. The Hall–Kier alpha value is -1.04. The van der Waals surface area contributed by atoms with E-state index >= 15 is 0 Å². The van der Waals surface area contributed by atoms with E-state index in [0.29, 0.717) is 24.0 Å². The molecule has 1 aromatic rings. The molecule has 0 spiro atoms. The molecule has 0 saturated carbocycles. The number of hydrogen-bond donors (Lipinski definition) is 2. The minimum absolute atomic E-state index is 0. The van der Waals surface area contributed by atoms with Crippen molar-refractivity contribution in [2.75, 3.05) is 13.1 Å². The Labute approximate surface area is 138 Å². The van der Waals surface area contributed by atoms with E-state index in [-0.39, 0.29) is 36.8 Å². The van der Waals surface area contributed by atoms with Crippen LogP contribution in [0.2, 0.25) is 0 Å². The molecule has 1 aromatic heterocycles. The standard InChI is InChI=1S/C14H21N3O2.2ClH/c1-10(2)19-12-6-4-8-16-13(12)14(18)17-9-11-5-3-7-15-11;;/h4,6,8,10-11,15H,3,5,7,9H2,1-2H3,(H,17,18);2*1H. The van der Waals surface area contributed by atoms with Gasteiger partial charge in [0, 0.05) is 18.8 Å². The lowest BCUT2D eigenvalue weighted by atomic mass is 10.2. The minimum Gasteiger partial charge on any atom is -0.489 e. The van der Waals surface area contributed by atoms with Crippen LogP contribution >= 0.6 is 24.8 Å². The van der Waals surface area contributed by atoms with Gasteiger partial charge in [-0.15, -0.1) is 24.8 Å². The van der Waals surface area contributed by atoms with Crippen LogP contribution in [0.3, 0.4) is 0 Å². The highest BCUT2D eigenvalue weighted by molar-refractivity contribution is 5.94. The third-order valence-corrected chi connectivity index (χ3v) is 3.02. The van der Waals surface area contributed by atoms with Gasteiger partial charge in [-0.25, -0.2) is 4.98 Å². The van der Waals surface area contributed by atoms with E-state index in [1.807, 2.05) is 13.8 Å². The van der Waals surface area contributed by atoms with Crippen molar-refractivity contribution in [1.29, 1.82) is 0 Å². The number of nitrogens with one attached hydrogen (secondary N) is 2. The van der Waals surface area contributed by atoms with Crippen molar-refractivity contribution in [3.8, 4) is 5.75 Å². The van der Waals surface area contributed by atoms with Gasteiger partial charge in [-0.3, -0.25) is 4.79 Å². The highest BCUT2D eigenvalue weighted by Gasteiger charge is 2.18. The monoisotopic (exact) mass is 335 g/mol. The molecule has 1 saturated heterocycles. The Kier molecular flexibility index (Phi) is 9.33. The molecule has 120 valence electrons. The number of amides is 1. The van der Waals surface area contributed by atoms with E-state index in [9.17, 15) is 4.79 Å². The third kappa shape index (κ3) is 6.08. The smallest absolute Gasteiger partial charge is 0.273 e. The molecule has 1 unspecified atom stereocenters. The van der Waals surface area contributed by atoms with E-state index in [2.05, 4.69) is 15.6 Å². The molecular weight excluding hydrogens is 313 g/mol. The summed E-state index contributed by atoms with van der Waals surface area (Å²) in [5, 5.41) is 6.25. The lowest BCUT2D eigenvalue weighted by Crippen LogP contribution is -2.37. The first kappa shape index (κ1) is 20.0. The predicted molar refractivity (Wildman–Crippen MR) is 87.9 cm³/mol. The number of carbonyl (C=O) groups is 1. The van der Waals surface area contributed by atoms with Crippen molar-refractivity contribution in [2.24, 2.45) is 0 Å². The van der Waals surface area contributed by atoms with Crippen LogP contribution in [0.1, 0.15) is 37.2 Å². The van der Waals surface area contributed by atoms with Gasteiger partial charge in [0.25, 0.3) is 5.91 Å². The predicted octanol–water partition coefficient (Wildman–Crippen LogP) is 2.19. The Morgan fingerprint density at radius 2 is 2.29 bits per heavy atom. The molecule has 0 bridgehead atoms. The summed E-state index contributed by atoms with van der Waals surface area (Å²) in [6.45, 7) is 5.52. The number of aromatic nitrogens is 1. The van der Waals surface area contributed by atoms with Gasteiger partial charge in [0.2, 0.25) is 0 Å². The number of rotatable bonds is 5. The van der Waals surface area contributed by atoms with Gasteiger partial charge in [-0.2, -0.15) is 0 Å². The van der Waals surface area contributed by atoms with Crippen LogP contribution in [0.25, 0.3) is 0 Å². The Bertz CT molecular complexity index is 438. The normalized spacial score (nSPS) is 16.8. The fourth-order valence-electron chi connectivity index (χ4n) is 2.14. The van der Waals surface area contributed by atoms with Crippen LogP contribution in [-0.4, -0.2) is 36.1 Å². The maximum atomic E-state index is 12.1. The number of pyridine rings is 1. The van der Waals surface area contributed by atoms with Crippen LogP contribution in [0.4, 0.5) is 0 Å². The van der Waals surface area contributed by atoms with Gasteiger partial charge in [0.15, 0.2) is 11.4 Å². The third-order valence-electron chi connectivity index (χ3n) is 3.02. The average molecular weight is 336 g/mol. The van der Waals surface area contributed by atoms with Crippen molar-refractivity contribution < 1.29 is 9.53 Å². The summed E-state index contributed by atoms with van der Waals surface area (Å²) >= 11 is 0. The Morgan fingerprint density at radius 1 is 1.52 bits per heavy atom. The van der Waals surface area contributed by atoms with Crippen molar-refractivity contribution >= 4 is 30.7 Å². The van der Waals surface area contributed by atoms with Crippen LogP contribution in [0.15, 0.2) is 18.3 Å². The number of nitrogens with zero attached hydrogens (tertiary/aromatic N) is 1. The van der Waals surface area contributed by atoms with Crippen molar-refractivity contribution in [2.45, 2.75) is 38.8 Å². The zero-order chi connectivity index (χ0) is 13.7.